The fourth-order valence-corrected chi connectivity index (χ4v) is 5.65. The molecule has 3 atom stereocenters. The number of ether oxygens (including phenoxy) is 4. The van der Waals surface area contributed by atoms with Crippen LogP contribution < -0.4 is 19.7 Å². The summed E-state index contributed by atoms with van der Waals surface area (Å²) in [7, 11) is 1.73. The molecule has 1 fully saturated rings. The van der Waals surface area contributed by atoms with Crippen LogP contribution in [0.1, 0.15) is 41.5 Å². The van der Waals surface area contributed by atoms with Crippen LogP contribution in [0.15, 0.2) is 60.7 Å². The van der Waals surface area contributed by atoms with Gasteiger partial charge in [0.2, 0.25) is 0 Å². The topological polar surface area (TPSA) is 96.2 Å². The first kappa shape index (κ1) is 28.9. The van der Waals surface area contributed by atoms with E-state index >= 15 is 0 Å². The highest BCUT2D eigenvalue weighted by molar-refractivity contribution is 5.61. The zero-order valence-electron chi connectivity index (χ0n) is 23.8. The second-order valence-electron chi connectivity index (χ2n) is 10.5. The van der Waals surface area contributed by atoms with Crippen molar-refractivity contribution >= 4 is 5.69 Å². The van der Waals surface area contributed by atoms with E-state index < -0.39 is 6.10 Å². The van der Waals surface area contributed by atoms with Crippen molar-refractivity contribution in [1.29, 1.82) is 5.26 Å². The van der Waals surface area contributed by atoms with Gasteiger partial charge in [0.15, 0.2) is 0 Å². The van der Waals surface area contributed by atoms with Crippen molar-refractivity contribution in [2.24, 2.45) is 0 Å². The third kappa shape index (κ3) is 7.00. The van der Waals surface area contributed by atoms with Gasteiger partial charge in [-0.1, -0.05) is 25.1 Å². The Kier molecular flexibility index (Phi) is 9.75. The lowest BCUT2D eigenvalue weighted by Gasteiger charge is -2.36. The number of aliphatic hydroxyl groups excluding tert-OH is 1. The Labute approximate surface area is 242 Å². The van der Waals surface area contributed by atoms with Crippen LogP contribution >= 0.6 is 0 Å². The lowest BCUT2D eigenvalue weighted by molar-refractivity contribution is -0.0328. The van der Waals surface area contributed by atoms with Gasteiger partial charge in [0.05, 0.1) is 42.7 Å². The van der Waals surface area contributed by atoms with Gasteiger partial charge in [0, 0.05) is 39.3 Å². The average molecular weight is 558 g/mol. The number of hydrogen-bond acceptors (Lipinski definition) is 8. The molecule has 5 rings (SSSR count). The predicted molar refractivity (Wildman–Crippen MR) is 158 cm³/mol. The maximum Gasteiger partial charge on any atom is 0.142 e. The molecule has 0 saturated carbocycles. The molecule has 0 spiro atoms. The molecular formula is C33H39N3O5. The molecule has 0 aromatic heterocycles. The first-order valence-corrected chi connectivity index (χ1v) is 14.4. The number of nitrogens with zero attached hydrogens (tertiary/aromatic N) is 2. The molecule has 2 aliphatic heterocycles. The number of aryl methyl sites for hydroxylation is 1. The predicted octanol–water partition coefficient (Wildman–Crippen LogP) is 4.78. The molecule has 2 aliphatic rings. The summed E-state index contributed by atoms with van der Waals surface area (Å²) < 4.78 is 23.6. The summed E-state index contributed by atoms with van der Waals surface area (Å²) in [6.45, 7) is 6.82. The first-order chi connectivity index (χ1) is 20.1. The van der Waals surface area contributed by atoms with Gasteiger partial charge in [-0.05, 0) is 72.0 Å². The molecular weight excluding hydrogens is 518 g/mol. The highest BCUT2D eigenvalue weighted by Crippen LogP contribution is 2.35. The smallest absolute Gasteiger partial charge is 0.142 e. The van der Waals surface area contributed by atoms with E-state index in [1.807, 2.05) is 49.4 Å². The first-order valence-electron chi connectivity index (χ1n) is 14.4. The van der Waals surface area contributed by atoms with E-state index in [4.69, 9.17) is 18.9 Å². The summed E-state index contributed by atoms with van der Waals surface area (Å²) in [5.41, 5.74) is 4.81. The Morgan fingerprint density at radius 1 is 1.07 bits per heavy atom. The van der Waals surface area contributed by atoms with Crippen LogP contribution in [0.25, 0.3) is 0 Å². The molecule has 0 bridgehead atoms. The highest BCUT2D eigenvalue weighted by Gasteiger charge is 2.34. The van der Waals surface area contributed by atoms with E-state index in [9.17, 15) is 10.4 Å². The quantitative estimate of drug-likeness (QED) is 0.325. The summed E-state index contributed by atoms with van der Waals surface area (Å²) in [6.07, 6.45) is 0.960. The van der Waals surface area contributed by atoms with Crippen molar-refractivity contribution < 1.29 is 24.1 Å². The summed E-state index contributed by atoms with van der Waals surface area (Å²) in [4.78, 5) is 2.35. The second-order valence-corrected chi connectivity index (χ2v) is 10.5. The third-order valence-electron chi connectivity index (χ3n) is 7.82. The number of benzene rings is 3. The molecule has 0 amide bonds. The Hall–Kier alpha value is -3.61. The number of piperidine rings is 1. The number of fused-ring (bicyclic) bond motifs is 1. The standard InChI is InChI=1S/C33H39N3O5/c1-3-24-18-28(11-8-26(24)19-34)41-27-9-6-25(7-10-27)33-30(37)20-35-21-32(33)40-22-23-5-12-31-29(17-23)36(14-16-39-31)13-4-15-38-2/h5-12,17-18,30,32-33,35,37H,3-4,13-16,20-22H2,1-2H3/t30?,32-,33?/m0/s1. The zero-order valence-corrected chi connectivity index (χ0v) is 23.8. The van der Waals surface area contributed by atoms with Crippen molar-refractivity contribution in [3.8, 4) is 23.3 Å². The Bertz CT molecular complexity index is 1340. The van der Waals surface area contributed by atoms with Crippen LogP contribution in [-0.4, -0.2) is 63.8 Å². The maximum absolute atomic E-state index is 11.0. The maximum atomic E-state index is 11.0. The van der Waals surface area contributed by atoms with Crippen LogP contribution in [-0.2, 0) is 22.5 Å². The number of anilines is 1. The molecule has 2 N–H and O–H groups in total. The van der Waals surface area contributed by atoms with Gasteiger partial charge >= 0.3 is 0 Å². The Balaban J connectivity index is 1.25. The molecule has 0 aliphatic carbocycles. The zero-order chi connectivity index (χ0) is 28.6. The van der Waals surface area contributed by atoms with Crippen LogP contribution in [0.5, 0.6) is 17.2 Å². The van der Waals surface area contributed by atoms with Gasteiger partial charge in [0.25, 0.3) is 0 Å². The number of hydrogen-bond donors (Lipinski definition) is 2. The lowest BCUT2D eigenvalue weighted by atomic mass is 9.85. The van der Waals surface area contributed by atoms with Crippen molar-refractivity contribution in [2.45, 2.75) is 44.5 Å². The van der Waals surface area contributed by atoms with E-state index in [1.54, 1.807) is 13.2 Å². The molecule has 216 valence electrons. The van der Waals surface area contributed by atoms with Gasteiger partial charge in [-0.25, -0.2) is 0 Å². The van der Waals surface area contributed by atoms with Crippen LogP contribution in [0.4, 0.5) is 5.69 Å². The number of rotatable bonds is 11. The van der Waals surface area contributed by atoms with Crippen LogP contribution in [0.3, 0.4) is 0 Å². The number of β-amino-alcohol motifs (C(OH)–C–C–N with tert-alkyl or cyclic N) is 1. The molecule has 2 heterocycles. The SMILES string of the molecule is CCc1cc(Oc2ccc(C3C(O)CNC[C@@H]3OCc3ccc4c(c3)N(CCCOC)CCO4)cc2)ccc1C#N. The minimum Gasteiger partial charge on any atom is -0.490 e. The van der Waals surface area contributed by atoms with Gasteiger partial charge in [-0.15, -0.1) is 0 Å². The van der Waals surface area contributed by atoms with Crippen LogP contribution in [0, 0.1) is 11.3 Å². The van der Waals surface area contributed by atoms with Crippen molar-refractivity contribution in [1.82, 2.24) is 5.32 Å². The molecule has 2 unspecified atom stereocenters. The molecule has 3 aromatic rings. The molecule has 8 nitrogen and oxygen atoms in total. The second kappa shape index (κ2) is 13.8. The fourth-order valence-electron chi connectivity index (χ4n) is 5.65. The largest absolute Gasteiger partial charge is 0.490 e. The van der Waals surface area contributed by atoms with E-state index in [0.29, 0.717) is 43.4 Å². The van der Waals surface area contributed by atoms with Crippen LogP contribution in [0.2, 0.25) is 0 Å². The molecule has 1 saturated heterocycles. The molecule has 8 heteroatoms. The van der Waals surface area contributed by atoms with E-state index in [-0.39, 0.29) is 12.0 Å². The molecule has 0 radical (unpaired) electrons. The number of nitriles is 1. The molecule has 41 heavy (non-hydrogen) atoms. The summed E-state index contributed by atoms with van der Waals surface area (Å²) in [5.74, 6) is 2.13. The fraction of sp³-hybridized carbons (Fsp3) is 0.424. The number of nitrogens with one attached hydrogen (secondary N) is 1. The monoisotopic (exact) mass is 557 g/mol. The van der Waals surface area contributed by atoms with Crippen molar-refractivity contribution in [3.63, 3.8) is 0 Å². The minimum absolute atomic E-state index is 0.168. The van der Waals surface area contributed by atoms with Gasteiger partial charge in [-0.2, -0.15) is 5.26 Å². The lowest BCUT2D eigenvalue weighted by Crippen LogP contribution is -2.49. The number of aliphatic hydroxyl groups is 1. The van der Waals surface area contributed by atoms with E-state index in [2.05, 4.69) is 28.4 Å². The average Bonchev–Trinajstić information content (AvgIpc) is 3.00. The van der Waals surface area contributed by atoms with E-state index in [0.717, 1.165) is 60.7 Å². The van der Waals surface area contributed by atoms with E-state index in [1.165, 1.54) is 0 Å². The number of methoxy groups -OCH3 is 1. The molecule has 3 aromatic carbocycles. The van der Waals surface area contributed by atoms with Crippen molar-refractivity contribution in [3.05, 3.63) is 82.9 Å². The normalized spacial score (nSPS) is 20.1. The summed E-state index contributed by atoms with van der Waals surface area (Å²) in [6, 6.07) is 21.8. The highest BCUT2D eigenvalue weighted by atomic mass is 16.5. The summed E-state index contributed by atoms with van der Waals surface area (Å²) >= 11 is 0. The minimum atomic E-state index is -0.570. The van der Waals surface area contributed by atoms with Gasteiger partial charge in [0.1, 0.15) is 23.9 Å². The van der Waals surface area contributed by atoms with Crippen molar-refractivity contribution in [2.75, 3.05) is 51.4 Å². The summed E-state index contributed by atoms with van der Waals surface area (Å²) in [5, 5.41) is 23.6. The third-order valence-corrected chi connectivity index (χ3v) is 7.82. The Morgan fingerprint density at radius 2 is 1.90 bits per heavy atom. The van der Waals surface area contributed by atoms with Gasteiger partial charge in [-0.3, -0.25) is 0 Å². The van der Waals surface area contributed by atoms with Gasteiger partial charge < -0.3 is 34.3 Å². The Morgan fingerprint density at radius 3 is 2.68 bits per heavy atom.